The molecule has 2 rings (SSSR count). The van der Waals surface area contributed by atoms with Crippen LogP contribution in [0.25, 0.3) is 0 Å². The van der Waals surface area contributed by atoms with Crippen molar-refractivity contribution in [3.8, 4) is 0 Å². The SMILES string of the molecule is Cc1ccccc1C(=O)NCC(=O)N/N=C/c1cccc(Cl)c1. The van der Waals surface area contributed by atoms with Gasteiger partial charge in [-0.15, -0.1) is 0 Å². The zero-order valence-electron chi connectivity index (χ0n) is 12.5. The van der Waals surface area contributed by atoms with Crippen LogP contribution >= 0.6 is 11.6 Å². The third kappa shape index (κ3) is 5.23. The molecule has 118 valence electrons. The predicted octanol–water partition coefficient (Wildman–Crippen LogP) is 2.53. The predicted molar refractivity (Wildman–Crippen MR) is 90.7 cm³/mol. The fraction of sp³-hybridized carbons (Fsp3) is 0.118. The second kappa shape index (κ2) is 8.10. The second-order valence-corrected chi connectivity index (χ2v) is 5.28. The minimum atomic E-state index is -0.412. The van der Waals surface area contributed by atoms with E-state index in [1.165, 1.54) is 6.21 Å². The molecule has 6 heteroatoms. The highest BCUT2D eigenvalue weighted by molar-refractivity contribution is 6.30. The third-order valence-electron chi connectivity index (χ3n) is 3.05. The smallest absolute Gasteiger partial charge is 0.259 e. The van der Waals surface area contributed by atoms with Gasteiger partial charge < -0.3 is 5.32 Å². The number of halogens is 1. The van der Waals surface area contributed by atoms with E-state index in [-0.39, 0.29) is 12.5 Å². The van der Waals surface area contributed by atoms with E-state index in [1.807, 2.05) is 25.1 Å². The van der Waals surface area contributed by atoms with Crippen LogP contribution in [-0.2, 0) is 4.79 Å². The average molecular weight is 330 g/mol. The number of rotatable bonds is 5. The summed E-state index contributed by atoms with van der Waals surface area (Å²) in [6.45, 7) is 1.68. The van der Waals surface area contributed by atoms with Gasteiger partial charge in [-0.1, -0.05) is 41.9 Å². The number of amides is 2. The fourth-order valence-electron chi connectivity index (χ4n) is 1.89. The molecule has 2 aromatic carbocycles. The molecule has 0 bridgehead atoms. The summed E-state index contributed by atoms with van der Waals surface area (Å²) in [6, 6.07) is 14.2. The molecule has 0 spiro atoms. The summed E-state index contributed by atoms with van der Waals surface area (Å²) in [4.78, 5) is 23.6. The van der Waals surface area contributed by atoms with E-state index in [1.54, 1.807) is 30.3 Å². The lowest BCUT2D eigenvalue weighted by atomic mass is 10.1. The van der Waals surface area contributed by atoms with Crippen LogP contribution < -0.4 is 10.7 Å². The average Bonchev–Trinajstić information content (AvgIpc) is 2.53. The van der Waals surface area contributed by atoms with Gasteiger partial charge in [-0.05, 0) is 36.2 Å². The summed E-state index contributed by atoms with van der Waals surface area (Å²) in [5.74, 6) is -0.706. The largest absolute Gasteiger partial charge is 0.343 e. The van der Waals surface area contributed by atoms with Gasteiger partial charge in [0.2, 0.25) is 0 Å². The van der Waals surface area contributed by atoms with Gasteiger partial charge in [0.25, 0.3) is 11.8 Å². The molecule has 0 aliphatic rings. The molecule has 0 aliphatic heterocycles. The fourth-order valence-corrected chi connectivity index (χ4v) is 2.09. The van der Waals surface area contributed by atoms with Crippen molar-refractivity contribution < 1.29 is 9.59 Å². The minimum Gasteiger partial charge on any atom is -0.343 e. The highest BCUT2D eigenvalue weighted by atomic mass is 35.5. The van der Waals surface area contributed by atoms with E-state index >= 15 is 0 Å². The highest BCUT2D eigenvalue weighted by Gasteiger charge is 2.09. The van der Waals surface area contributed by atoms with Gasteiger partial charge in [0.1, 0.15) is 0 Å². The standard InChI is InChI=1S/C17H16ClN3O2/c1-12-5-2-3-8-15(12)17(23)19-11-16(22)21-20-10-13-6-4-7-14(18)9-13/h2-10H,11H2,1H3,(H,19,23)(H,21,22)/b20-10+. The molecule has 0 aromatic heterocycles. The minimum absolute atomic E-state index is 0.153. The number of hydrazone groups is 1. The lowest BCUT2D eigenvalue weighted by Gasteiger charge is -2.06. The van der Waals surface area contributed by atoms with Crippen molar-refractivity contribution in [2.45, 2.75) is 6.92 Å². The Hall–Kier alpha value is -2.66. The molecule has 2 aromatic rings. The number of carbonyl (C=O) groups is 2. The number of hydrogen-bond acceptors (Lipinski definition) is 3. The molecule has 0 saturated heterocycles. The van der Waals surface area contributed by atoms with Gasteiger partial charge in [0, 0.05) is 10.6 Å². The van der Waals surface area contributed by atoms with Crippen molar-refractivity contribution in [1.29, 1.82) is 0 Å². The zero-order chi connectivity index (χ0) is 16.7. The Bertz CT molecular complexity index is 744. The van der Waals surface area contributed by atoms with Crippen molar-refractivity contribution in [1.82, 2.24) is 10.7 Å². The summed E-state index contributed by atoms with van der Waals surface area (Å²) >= 11 is 5.85. The van der Waals surface area contributed by atoms with Crippen LogP contribution in [0.15, 0.2) is 53.6 Å². The maximum Gasteiger partial charge on any atom is 0.259 e. The summed E-state index contributed by atoms with van der Waals surface area (Å²) in [5.41, 5.74) is 4.51. The molecule has 2 N–H and O–H groups in total. The summed E-state index contributed by atoms with van der Waals surface area (Å²) < 4.78 is 0. The Morgan fingerprint density at radius 1 is 1.17 bits per heavy atom. The number of nitrogens with one attached hydrogen (secondary N) is 2. The van der Waals surface area contributed by atoms with E-state index in [2.05, 4.69) is 15.8 Å². The Morgan fingerprint density at radius 2 is 1.96 bits per heavy atom. The van der Waals surface area contributed by atoms with E-state index < -0.39 is 5.91 Å². The molecule has 2 amide bonds. The van der Waals surface area contributed by atoms with E-state index in [0.717, 1.165) is 11.1 Å². The van der Waals surface area contributed by atoms with E-state index in [0.29, 0.717) is 10.6 Å². The molecule has 0 fully saturated rings. The topological polar surface area (TPSA) is 70.6 Å². The van der Waals surface area contributed by atoms with E-state index in [9.17, 15) is 9.59 Å². The van der Waals surface area contributed by atoms with Crippen molar-refractivity contribution in [3.63, 3.8) is 0 Å². The van der Waals surface area contributed by atoms with Gasteiger partial charge >= 0.3 is 0 Å². The number of carbonyl (C=O) groups excluding carboxylic acids is 2. The van der Waals surface area contributed by atoms with Crippen LogP contribution in [0, 0.1) is 6.92 Å². The number of nitrogens with zero attached hydrogens (tertiary/aromatic N) is 1. The van der Waals surface area contributed by atoms with Crippen molar-refractivity contribution in [3.05, 3.63) is 70.2 Å². The normalized spacial score (nSPS) is 10.5. The van der Waals surface area contributed by atoms with Gasteiger partial charge in [-0.25, -0.2) is 5.43 Å². The highest BCUT2D eigenvalue weighted by Crippen LogP contribution is 2.08. The van der Waals surface area contributed by atoms with Crippen LogP contribution in [0.5, 0.6) is 0 Å². The molecule has 0 radical (unpaired) electrons. The first-order chi connectivity index (χ1) is 11.1. The molecule has 0 saturated carbocycles. The van der Waals surface area contributed by atoms with Crippen LogP contribution in [0.1, 0.15) is 21.5 Å². The molecule has 0 atom stereocenters. The van der Waals surface area contributed by atoms with Crippen LogP contribution in [-0.4, -0.2) is 24.6 Å². The maximum atomic E-state index is 12.0. The van der Waals surface area contributed by atoms with Crippen LogP contribution in [0.4, 0.5) is 0 Å². The summed E-state index contributed by atoms with van der Waals surface area (Å²) in [6.07, 6.45) is 1.48. The first kappa shape index (κ1) is 16.7. The van der Waals surface area contributed by atoms with Gasteiger partial charge in [0.15, 0.2) is 0 Å². The number of hydrogen-bond donors (Lipinski definition) is 2. The molecule has 23 heavy (non-hydrogen) atoms. The number of benzene rings is 2. The molecular formula is C17H16ClN3O2. The van der Waals surface area contributed by atoms with Crippen molar-refractivity contribution >= 4 is 29.6 Å². The third-order valence-corrected chi connectivity index (χ3v) is 3.29. The van der Waals surface area contributed by atoms with Gasteiger partial charge in [0.05, 0.1) is 12.8 Å². The van der Waals surface area contributed by atoms with Gasteiger partial charge in [-0.2, -0.15) is 5.10 Å². The monoisotopic (exact) mass is 329 g/mol. The lowest BCUT2D eigenvalue weighted by molar-refractivity contribution is -0.120. The molecule has 0 unspecified atom stereocenters. The zero-order valence-corrected chi connectivity index (χ0v) is 13.3. The van der Waals surface area contributed by atoms with Crippen LogP contribution in [0.2, 0.25) is 5.02 Å². The summed E-state index contributed by atoms with van der Waals surface area (Å²) in [5, 5.41) is 6.96. The Kier molecular flexibility index (Phi) is 5.88. The maximum absolute atomic E-state index is 12.0. The van der Waals surface area contributed by atoms with Crippen molar-refractivity contribution in [2.75, 3.05) is 6.54 Å². The molecule has 0 heterocycles. The Balaban J connectivity index is 1.81. The molecule has 0 aliphatic carbocycles. The van der Waals surface area contributed by atoms with Crippen LogP contribution in [0.3, 0.4) is 0 Å². The first-order valence-electron chi connectivity index (χ1n) is 6.97. The van der Waals surface area contributed by atoms with E-state index in [4.69, 9.17) is 11.6 Å². The van der Waals surface area contributed by atoms with Gasteiger partial charge in [-0.3, -0.25) is 9.59 Å². The summed E-state index contributed by atoms with van der Waals surface area (Å²) in [7, 11) is 0. The quantitative estimate of drug-likeness (QED) is 0.653. The second-order valence-electron chi connectivity index (χ2n) is 4.85. The Labute approximate surface area is 139 Å². The lowest BCUT2D eigenvalue weighted by Crippen LogP contribution is -2.35. The number of aryl methyl sites for hydroxylation is 1. The molecular weight excluding hydrogens is 314 g/mol. The van der Waals surface area contributed by atoms with Crippen molar-refractivity contribution in [2.24, 2.45) is 5.10 Å². The Morgan fingerprint density at radius 3 is 2.70 bits per heavy atom. The first-order valence-corrected chi connectivity index (χ1v) is 7.35. The molecule has 5 nitrogen and oxygen atoms in total.